The molecule has 1 aromatic carbocycles. The van der Waals surface area contributed by atoms with Gasteiger partial charge in [-0.1, -0.05) is 25.1 Å². The van der Waals surface area contributed by atoms with E-state index in [-0.39, 0.29) is 0 Å². The molecule has 0 bridgehead atoms. The maximum atomic E-state index is 9.21. The fourth-order valence-electron chi connectivity index (χ4n) is 2.06. The first kappa shape index (κ1) is 13.3. The van der Waals surface area contributed by atoms with E-state index in [1.54, 1.807) is 0 Å². The van der Waals surface area contributed by atoms with E-state index in [4.69, 9.17) is 0 Å². The zero-order chi connectivity index (χ0) is 13.7. The third kappa shape index (κ3) is 3.21. The van der Waals surface area contributed by atoms with Crippen molar-refractivity contribution in [2.24, 2.45) is 5.92 Å². The summed E-state index contributed by atoms with van der Waals surface area (Å²) in [6, 6.07) is 11.8. The van der Waals surface area contributed by atoms with Crippen LogP contribution < -0.4 is 10.6 Å². The Kier molecular flexibility index (Phi) is 4.32. The van der Waals surface area contributed by atoms with Crippen LogP contribution in [-0.4, -0.2) is 25.1 Å². The van der Waals surface area contributed by atoms with Crippen LogP contribution in [0.1, 0.15) is 12.5 Å². The summed E-state index contributed by atoms with van der Waals surface area (Å²) in [5.41, 5.74) is 1.51. The summed E-state index contributed by atoms with van der Waals surface area (Å²) < 4.78 is 0. The summed E-state index contributed by atoms with van der Waals surface area (Å²) in [7, 11) is 1.94. The monoisotopic (exact) mass is 254 g/mol. The van der Waals surface area contributed by atoms with Gasteiger partial charge in [0, 0.05) is 11.9 Å². The Morgan fingerprint density at radius 1 is 1.32 bits per heavy atom. The molecule has 0 aliphatic heterocycles. The molecule has 0 spiro atoms. The molecule has 0 aliphatic rings. The maximum absolute atomic E-state index is 9.21. The van der Waals surface area contributed by atoms with Crippen LogP contribution in [-0.2, 0) is 0 Å². The summed E-state index contributed by atoms with van der Waals surface area (Å²) in [5.74, 6) is 1.27. The highest BCUT2D eigenvalue weighted by Gasteiger charge is 2.06. The van der Waals surface area contributed by atoms with Crippen molar-refractivity contribution in [3.8, 4) is 6.07 Å². The SMILES string of the molecule is CNCC(C)CNc1cc(C#N)c2ccccc2n1. The number of hydrogen-bond acceptors (Lipinski definition) is 4. The van der Waals surface area contributed by atoms with E-state index in [1.807, 2.05) is 37.4 Å². The molecule has 0 amide bonds. The van der Waals surface area contributed by atoms with Gasteiger partial charge in [-0.05, 0) is 31.6 Å². The standard InChI is InChI=1S/C15H18N4/c1-11(9-17-2)10-18-15-7-12(8-16)13-5-3-4-6-14(13)19-15/h3-7,11,17H,9-10H2,1-2H3,(H,18,19). The van der Waals surface area contributed by atoms with Crippen molar-refractivity contribution >= 4 is 16.7 Å². The Bertz CT molecular complexity index is 601. The van der Waals surface area contributed by atoms with Gasteiger partial charge in [0.25, 0.3) is 0 Å². The Hall–Kier alpha value is -2.12. The van der Waals surface area contributed by atoms with Crippen LogP contribution in [0, 0.1) is 17.2 Å². The molecule has 1 aromatic heterocycles. The minimum Gasteiger partial charge on any atom is -0.370 e. The Labute approximate surface area is 113 Å². The fraction of sp³-hybridized carbons (Fsp3) is 0.333. The average Bonchev–Trinajstić information content (AvgIpc) is 2.44. The molecule has 0 saturated carbocycles. The van der Waals surface area contributed by atoms with Gasteiger partial charge in [0.2, 0.25) is 0 Å². The van der Waals surface area contributed by atoms with Crippen LogP contribution >= 0.6 is 0 Å². The largest absolute Gasteiger partial charge is 0.370 e. The van der Waals surface area contributed by atoms with Crippen molar-refractivity contribution in [3.63, 3.8) is 0 Å². The lowest BCUT2D eigenvalue weighted by Crippen LogP contribution is -2.23. The Balaban J connectivity index is 2.23. The van der Waals surface area contributed by atoms with Crippen LogP contribution in [0.4, 0.5) is 5.82 Å². The molecule has 1 atom stereocenters. The van der Waals surface area contributed by atoms with E-state index in [0.29, 0.717) is 11.5 Å². The second-order valence-corrected chi connectivity index (χ2v) is 4.73. The molecule has 0 saturated heterocycles. The predicted octanol–water partition coefficient (Wildman–Crippen LogP) is 2.37. The van der Waals surface area contributed by atoms with Crippen LogP contribution in [0.5, 0.6) is 0 Å². The molecule has 0 aliphatic carbocycles. The van der Waals surface area contributed by atoms with Gasteiger partial charge in [-0.25, -0.2) is 4.98 Å². The number of fused-ring (bicyclic) bond motifs is 1. The summed E-state index contributed by atoms with van der Waals surface area (Å²) in [5, 5.41) is 16.5. The van der Waals surface area contributed by atoms with Crippen LogP contribution in [0.15, 0.2) is 30.3 Å². The Morgan fingerprint density at radius 3 is 2.84 bits per heavy atom. The second kappa shape index (κ2) is 6.17. The van der Waals surface area contributed by atoms with E-state index in [0.717, 1.165) is 29.8 Å². The number of nitrogens with one attached hydrogen (secondary N) is 2. The van der Waals surface area contributed by atoms with Gasteiger partial charge < -0.3 is 10.6 Å². The van der Waals surface area contributed by atoms with Gasteiger partial charge in [-0.3, -0.25) is 0 Å². The average molecular weight is 254 g/mol. The first-order valence-electron chi connectivity index (χ1n) is 6.43. The van der Waals surface area contributed by atoms with E-state index < -0.39 is 0 Å². The van der Waals surface area contributed by atoms with Gasteiger partial charge in [-0.15, -0.1) is 0 Å². The van der Waals surface area contributed by atoms with Crippen molar-refractivity contribution < 1.29 is 0 Å². The van der Waals surface area contributed by atoms with Crippen molar-refractivity contribution in [2.75, 3.05) is 25.5 Å². The van der Waals surface area contributed by atoms with Crippen molar-refractivity contribution in [1.29, 1.82) is 5.26 Å². The van der Waals surface area contributed by atoms with Crippen molar-refractivity contribution in [2.45, 2.75) is 6.92 Å². The number of para-hydroxylation sites is 1. The first-order chi connectivity index (χ1) is 9.24. The Morgan fingerprint density at radius 2 is 2.11 bits per heavy atom. The zero-order valence-corrected chi connectivity index (χ0v) is 11.3. The minimum absolute atomic E-state index is 0.504. The molecule has 19 heavy (non-hydrogen) atoms. The fourth-order valence-corrected chi connectivity index (χ4v) is 2.06. The lowest BCUT2D eigenvalue weighted by molar-refractivity contribution is 0.569. The molecule has 2 aromatic rings. The molecule has 1 unspecified atom stereocenters. The number of aromatic nitrogens is 1. The van der Waals surface area contributed by atoms with Gasteiger partial charge in [-0.2, -0.15) is 5.26 Å². The highest BCUT2D eigenvalue weighted by molar-refractivity contribution is 5.86. The molecular formula is C15H18N4. The van der Waals surface area contributed by atoms with E-state index in [2.05, 4.69) is 28.6 Å². The molecule has 4 nitrogen and oxygen atoms in total. The molecule has 0 fully saturated rings. The number of hydrogen-bond donors (Lipinski definition) is 2. The van der Waals surface area contributed by atoms with Gasteiger partial charge in [0.1, 0.15) is 5.82 Å². The second-order valence-electron chi connectivity index (χ2n) is 4.73. The molecule has 0 radical (unpaired) electrons. The maximum Gasteiger partial charge on any atom is 0.127 e. The van der Waals surface area contributed by atoms with Crippen LogP contribution in [0.3, 0.4) is 0 Å². The molecule has 1 heterocycles. The number of nitriles is 1. The molecule has 2 rings (SSSR count). The predicted molar refractivity (Wildman–Crippen MR) is 78.0 cm³/mol. The highest BCUT2D eigenvalue weighted by Crippen LogP contribution is 2.20. The van der Waals surface area contributed by atoms with E-state index >= 15 is 0 Å². The number of pyridine rings is 1. The van der Waals surface area contributed by atoms with E-state index in [9.17, 15) is 5.26 Å². The lowest BCUT2D eigenvalue weighted by atomic mass is 10.1. The highest BCUT2D eigenvalue weighted by atomic mass is 15.0. The van der Waals surface area contributed by atoms with Crippen molar-refractivity contribution in [3.05, 3.63) is 35.9 Å². The summed E-state index contributed by atoms with van der Waals surface area (Å²) in [6.45, 7) is 3.94. The summed E-state index contributed by atoms with van der Waals surface area (Å²) >= 11 is 0. The third-order valence-electron chi connectivity index (χ3n) is 3.02. The topological polar surface area (TPSA) is 60.7 Å². The minimum atomic E-state index is 0.504. The number of anilines is 1. The van der Waals surface area contributed by atoms with E-state index in [1.165, 1.54) is 0 Å². The van der Waals surface area contributed by atoms with Crippen molar-refractivity contribution in [1.82, 2.24) is 10.3 Å². The van der Waals surface area contributed by atoms with Crippen LogP contribution in [0.25, 0.3) is 10.9 Å². The molecule has 4 heteroatoms. The molecular weight excluding hydrogens is 236 g/mol. The molecule has 2 N–H and O–H groups in total. The summed E-state index contributed by atoms with van der Waals surface area (Å²) in [4.78, 5) is 4.53. The number of rotatable bonds is 5. The normalized spacial score (nSPS) is 12.1. The van der Waals surface area contributed by atoms with Gasteiger partial charge >= 0.3 is 0 Å². The lowest BCUT2D eigenvalue weighted by Gasteiger charge is -2.13. The number of nitrogens with zero attached hydrogens (tertiary/aromatic N) is 2. The quantitative estimate of drug-likeness (QED) is 0.860. The van der Waals surface area contributed by atoms with Gasteiger partial charge in [0.15, 0.2) is 0 Å². The van der Waals surface area contributed by atoms with Crippen LogP contribution in [0.2, 0.25) is 0 Å². The number of benzene rings is 1. The summed E-state index contributed by atoms with van der Waals surface area (Å²) in [6.07, 6.45) is 0. The van der Waals surface area contributed by atoms with Gasteiger partial charge in [0.05, 0.1) is 17.1 Å². The first-order valence-corrected chi connectivity index (χ1v) is 6.43. The smallest absolute Gasteiger partial charge is 0.127 e. The zero-order valence-electron chi connectivity index (χ0n) is 11.3. The molecule has 98 valence electrons. The third-order valence-corrected chi connectivity index (χ3v) is 3.02.